The van der Waals surface area contributed by atoms with Crippen molar-refractivity contribution in [3.63, 3.8) is 0 Å². The SMILES string of the molecule is CC(C#N)(CCOC1CCCCC1)NC1CC1. The molecular weight excluding hydrogens is 212 g/mol. The minimum atomic E-state index is -0.393. The summed E-state index contributed by atoms with van der Waals surface area (Å²) in [6.07, 6.45) is 10.1. The van der Waals surface area contributed by atoms with E-state index >= 15 is 0 Å². The molecule has 1 N–H and O–H groups in total. The topological polar surface area (TPSA) is 45.0 Å². The van der Waals surface area contributed by atoms with Crippen molar-refractivity contribution in [3.8, 4) is 6.07 Å². The summed E-state index contributed by atoms with van der Waals surface area (Å²) in [5.41, 5.74) is -0.393. The van der Waals surface area contributed by atoms with E-state index in [4.69, 9.17) is 4.74 Å². The zero-order valence-corrected chi connectivity index (χ0v) is 10.9. The Balaban J connectivity index is 1.66. The molecule has 0 saturated heterocycles. The first kappa shape index (κ1) is 12.9. The molecule has 1 atom stereocenters. The van der Waals surface area contributed by atoms with Crippen LogP contribution in [0.2, 0.25) is 0 Å². The second-order valence-electron chi connectivity index (χ2n) is 5.74. The summed E-state index contributed by atoms with van der Waals surface area (Å²) in [6.45, 7) is 2.71. The van der Waals surface area contributed by atoms with Crippen LogP contribution < -0.4 is 5.32 Å². The molecule has 2 saturated carbocycles. The molecule has 1 unspecified atom stereocenters. The Labute approximate surface area is 105 Å². The standard InChI is InChI=1S/C14H24N2O/c1-14(11-15,16-12-7-8-12)9-10-17-13-5-3-2-4-6-13/h12-13,16H,2-10H2,1H3. The molecule has 0 bridgehead atoms. The number of hydrogen-bond donors (Lipinski definition) is 1. The zero-order valence-electron chi connectivity index (χ0n) is 10.9. The first-order valence-electron chi connectivity index (χ1n) is 7.02. The maximum atomic E-state index is 9.23. The molecule has 0 aliphatic heterocycles. The molecule has 2 aliphatic carbocycles. The van der Waals surface area contributed by atoms with Gasteiger partial charge in [-0.3, -0.25) is 5.32 Å². The van der Waals surface area contributed by atoms with Gasteiger partial charge in [-0.05, 0) is 32.6 Å². The molecule has 2 rings (SSSR count). The van der Waals surface area contributed by atoms with Crippen LogP contribution in [0.25, 0.3) is 0 Å². The van der Waals surface area contributed by atoms with Gasteiger partial charge < -0.3 is 4.74 Å². The molecule has 17 heavy (non-hydrogen) atoms. The second kappa shape index (κ2) is 5.84. The molecule has 96 valence electrons. The molecule has 3 heteroatoms. The van der Waals surface area contributed by atoms with E-state index in [2.05, 4.69) is 11.4 Å². The molecule has 3 nitrogen and oxygen atoms in total. The van der Waals surface area contributed by atoms with E-state index < -0.39 is 5.54 Å². The van der Waals surface area contributed by atoms with Gasteiger partial charge in [0.1, 0.15) is 5.54 Å². The monoisotopic (exact) mass is 236 g/mol. The first-order valence-corrected chi connectivity index (χ1v) is 7.02. The molecule has 0 amide bonds. The van der Waals surface area contributed by atoms with Gasteiger partial charge in [-0.15, -0.1) is 0 Å². The van der Waals surface area contributed by atoms with E-state index in [0.717, 1.165) is 6.42 Å². The Morgan fingerprint density at radius 1 is 1.24 bits per heavy atom. The summed E-state index contributed by atoms with van der Waals surface area (Å²) in [5, 5.41) is 12.6. The van der Waals surface area contributed by atoms with Crippen molar-refractivity contribution in [2.75, 3.05) is 6.61 Å². The summed E-state index contributed by atoms with van der Waals surface area (Å²) in [5.74, 6) is 0. The van der Waals surface area contributed by atoms with E-state index in [9.17, 15) is 5.26 Å². The normalized spacial score (nSPS) is 25.2. The molecule has 0 heterocycles. The van der Waals surface area contributed by atoms with E-state index in [1.165, 1.54) is 44.9 Å². The third kappa shape index (κ3) is 4.29. The van der Waals surface area contributed by atoms with Gasteiger partial charge in [0.05, 0.1) is 12.2 Å². The lowest BCUT2D eigenvalue weighted by Gasteiger charge is -2.26. The lowest BCUT2D eigenvalue weighted by atomic mass is 9.97. The van der Waals surface area contributed by atoms with Gasteiger partial charge in [-0.25, -0.2) is 0 Å². The van der Waals surface area contributed by atoms with Crippen molar-refractivity contribution in [2.45, 2.75) is 76.0 Å². The Morgan fingerprint density at radius 3 is 2.53 bits per heavy atom. The lowest BCUT2D eigenvalue weighted by molar-refractivity contribution is 0.0207. The third-order valence-electron chi connectivity index (χ3n) is 3.85. The number of ether oxygens (including phenoxy) is 1. The maximum Gasteiger partial charge on any atom is 0.106 e. The van der Waals surface area contributed by atoms with Crippen LogP contribution in [0, 0.1) is 11.3 Å². The fourth-order valence-corrected chi connectivity index (χ4v) is 2.50. The average Bonchev–Trinajstić information content (AvgIpc) is 3.14. The largest absolute Gasteiger partial charge is 0.378 e. The second-order valence-corrected chi connectivity index (χ2v) is 5.74. The lowest BCUT2D eigenvalue weighted by Crippen LogP contribution is -2.43. The number of nitrogens with one attached hydrogen (secondary N) is 1. The van der Waals surface area contributed by atoms with Crippen LogP contribution in [0.3, 0.4) is 0 Å². The van der Waals surface area contributed by atoms with Crippen LogP contribution in [0.5, 0.6) is 0 Å². The van der Waals surface area contributed by atoms with Gasteiger partial charge in [0.2, 0.25) is 0 Å². The maximum absolute atomic E-state index is 9.23. The van der Waals surface area contributed by atoms with Crippen LogP contribution in [-0.2, 0) is 4.74 Å². The highest BCUT2D eigenvalue weighted by atomic mass is 16.5. The van der Waals surface area contributed by atoms with Crippen LogP contribution in [0.1, 0.15) is 58.3 Å². The molecule has 0 radical (unpaired) electrons. The van der Waals surface area contributed by atoms with Crippen LogP contribution in [-0.4, -0.2) is 24.3 Å². The van der Waals surface area contributed by atoms with Crippen LogP contribution in [0.4, 0.5) is 0 Å². The van der Waals surface area contributed by atoms with E-state index in [1.807, 2.05) is 6.92 Å². The Kier molecular flexibility index (Phi) is 4.42. The molecule has 2 aliphatic rings. The summed E-state index contributed by atoms with van der Waals surface area (Å²) in [7, 11) is 0. The quantitative estimate of drug-likeness (QED) is 0.771. The van der Waals surface area contributed by atoms with Gasteiger partial charge in [-0.1, -0.05) is 19.3 Å². The van der Waals surface area contributed by atoms with E-state index in [-0.39, 0.29) is 0 Å². The van der Waals surface area contributed by atoms with Crippen molar-refractivity contribution in [1.82, 2.24) is 5.32 Å². The number of rotatable bonds is 6. The summed E-state index contributed by atoms with van der Waals surface area (Å²) >= 11 is 0. The molecular formula is C14H24N2O. The van der Waals surface area contributed by atoms with Gasteiger partial charge in [-0.2, -0.15) is 5.26 Å². The molecule has 0 aromatic carbocycles. The van der Waals surface area contributed by atoms with Crippen molar-refractivity contribution < 1.29 is 4.74 Å². The minimum Gasteiger partial charge on any atom is -0.378 e. The Morgan fingerprint density at radius 2 is 1.94 bits per heavy atom. The Hall–Kier alpha value is -0.590. The van der Waals surface area contributed by atoms with E-state index in [0.29, 0.717) is 18.8 Å². The minimum absolute atomic E-state index is 0.393. The fourth-order valence-electron chi connectivity index (χ4n) is 2.50. The van der Waals surface area contributed by atoms with Crippen molar-refractivity contribution in [1.29, 1.82) is 5.26 Å². The number of nitrogens with zero attached hydrogens (tertiary/aromatic N) is 1. The highest BCUT2D eigenvalue weighted by Crippen LogP contribution is 2.25. The van der Waals surface area contributed by atoms with Gasteiger partial charge in [0.15, 0.2) is 0 Å². The van der Waals surface area contributed by atoms with Crippen molar-refractivity contribution in [3.05, 3.63) is 0 Å². The molecule has 0 spiro atoms. The Bertz CT molecular complexity index is 276. The highest BCUT2D eigenvalue weighted by Gasteiger charge is 2.32. The first-order chi connectivity index (χ1) is 8.22. The fraction of sp³-hybridized carbons (Fsp3) is 0.929. The predicted molar refractivity (Wildman–Crippen MR) is 67.6 cm³/mol. The van der Waals surface area contributed by atoms with Gasteiger partial charge in [0.25, 0.3) is 0 Å². The summed E-state index contributed by atoms with van der Waals surface area (Å²) < 4.78 is 5.89. The molecule has 0 aromatic heterocycles. The third-order valence-corrected chi connectivity index (χ3v) is 3.85. The highest BCUT2D eigenvalue weighted by molar-refractivity contribution is 5.07. The van der Waals surface area contributed by atoms with Gasteiger partial charge >= 0.3 is 0 Å². The zero-order chi connectivity index (χ0) is 12.1. The van der Waals surface area contributed by atoms with Crippen molar-refractivity contribution in [2.24, 2.45) is 0 Å². The molecule has 2 fully saturated rings. The number of hydrogen-bond acceptors (Lipinski definition) is 3. The predicted octanol–water partition coefficient (Wildman–Crippen LogP) is 2.76. The van der Waals surface area contributed by atoms with Crippen molar-refractivity contribution >= 4 is 0 Å². The average molecular weight is 236 g/mol. The van der Waals surface area contributed by atoms with Crippen LogP contribution >= 0.6 is 0 Å². The molecule has 0 aromatic rings. The van der Waals surface area contributed by atoms with Gasteiger partial charge in [0, 0.05) is 19.1 Å². The van der Waals surface area contributed by atoms with E-state index in [1.54, 1.807) is 0 Å². The van der Waals surface area contributed by atoms with Crippen LogP contribution in [0.15, 0.2) is 0 Å². The smallest absolute Gasteiger partial charge is 0.106 e. The summed E-state index contributed by atoms with van der Waals surface area (Å²) in [4.78, 5) is 0. The number of nitriles is 1. The summed E-state index contributed by atoms with van der Waals surface area (Å²) in [6, 6.07) is 2.97.